The van der Waals surface area contributed by atoms with Gasteiger partial charge >= 0.3 is 6.03 Å². The molecule has 2 rings (SSSR count). The molecular weight excluding hydrogens is 296 g/mol. The van der Waals surface area contributed by atoms with E-state index in [2.05, 4.69) is 10.4 Å². The minimum absolute atomic E-state index is 0.178. The Kier molecular flexibility index (Phi) is 5.44. The van der Waals surface area contributed by atoms with Gasteiger partial charge in [0.1, 0.15) is 5.76 Å². The number of aryl methyl sites for hydroxylation is 2. The maximum absolute atomic E-state index is 12.4. The van der Waals surface area contributed by atoms with Crippen molar-refractivity contribution in [3.05, 3.63) is 35.0 Å². The number of nitrogens with zero attached hydrogens (tertiary/aromatic N) is 3. The SMILES string of the molecule is COCCn1nc(C)c(NC(=O)N(C)Cc2ccoc2C)c1C. The summed E-state index contributed by atoms with van der Waals surface area (Å²) in [6.07, 6.45) is 1.63. The molecule has 1 N–H and O–H groups in total. The minimum atomic E-state index is -0.178. The zero-order chi connectivity index (χ0) is 17.0. The van der Waals surface area contributed by atoms with E-state index in [9.17, 15) is 4.79 Å². The third-order valence-corrected chi connectivity index (χ3v) is 3.84. The third-order valence-electron chi connectivity index (χ3n) is 3.84. The van der Waals surface area contributed by atoms with E-state index in [4.69, 9.17) is 9.15 Å². The predicted octanol–water partition coefficient (Wildman–Crippen LogP) is 2.71. The van der Waals surface area contributed by atoms with E-state index >= 15 is 0 Å². The molecule has 126 valence electrons. The molecule has 0 saturated carbocycles. The van der Waals surface area contributed by atoms with Crippen LogP contribution >= 0.6 is 0 Å². The summed E-state index contributed by atoms with van der Waals surface area (Å²) in [5.74, 6) is 0.824. The van der Waals surface area contributed by atoms with Gasteiger partial charge in [0.15, 0.2) is 0 Å². The lowest BCUT2D eigenvalue weighted by atomic mass is 10.2. The lowest BCUT2D eigenvalue weighted by Gasteiger charge is -2.18. The fourth-order valence-corrected chi connectivity index (χ4v) is 2.38. The first-order valence-corrected chi connectivity index (χ1v) is 7.52. The van der Waals surface area contributed by atoms with Crippen molar-refractivity contribution >= 4 is 11.7 Å². The fourth-order valence-electron chi connectivity index (χ4n) is 2.38. The van der Waals surface area contributed by atoms with E-state index in [1.165, 1.54) is 0 Å². The molecule has 0 aromatic carbocycles. The number of furan rings is 1. The first kappa shape index (κ1) is 17.1. The smallest absolute Gasteiger partial charge is 0.321 e. The number of carbonyl (C=O) groups is 1. The van der Waals surface area contributed by atoms with Crippen LogP contribution in [0, 0.1) is 20.8 Å². The highest BCUT2D eigenvalue weighted by molar-refractivity contribution is 5.90. The van der Waals surface area contributed by atoms with Crippen molar-refractivity contribution in [1.82, 2.24) is 14.7 Å². The Labute approximate surface area is 136 Å². The summed E-state index contributed by atoms with van der Waals surface area (Å²) < 4.78 is 12.2. The topological polar surface area (TPSA) is 72.5 Å². The number of hydrogen-bond donors (Lipinski definition) is 1. The van der Waals surface area contributed by atoms with E-state index in [1.807, 2.05) is 31.5 Å². The van der Waals surface area contributed by atoms with Crippen LogP contribution in [0.1, 0.15) is 22.7 Å². The number of ether oxygens (including phenoxy) is 1. The molecular formula is C16H24N4O3. The van der Waals surface area contributed by atoms with Gasteiger partial charge in [-0.2, -0.15) is 5.10 Å². The largest absolute Gasteiger partial charge is 0.469 e. The average molecular weight is 320 g/mol. The van der Waals surface area contributed by atoms with Crippen LogP contribution in [0.2, 0.25) is 0 Å². The molecule has 0 spiro atoms. The average Bonchev–Trinajstić information content (AvgIpc) is 3.03. The number of methoxy groups -OCH3 is 1. The van der Waals surface area contributed by atoms with Crippen LogP contribution < -0.4 is 5.32 Å². The van der Waals surface area contributed by atoms with Crippen molar-refractivity contribution in [2.24, 2.45) is 0 Å². The number of anilines is 1. The van der Waals surface area contributed by atoms with E-state index < -0.39 is 0 Å². The Balaban J connectivity index is 2.05. The van der Waals surface area contributed by atoms with Gasteiger partial charge in [0.25, 0.3) is 0 Å². The second-order valence-corrected chi connectivity index (χ2v) is 5.55. The van der Waals surface area contributed by atoms with Crippen molar-refractivity contribution in [2.45, 2.75) is 33.9 Å². The number of nitrogens with one attached hydrogen (secondary N) is 1. The van der Waals surface area contributed by atoms with Crippen LogP contribution in [0.4, 0.5) is 10.5 Å². The second-order valence-electron chi connectivity index (χ2n) is 5.55. The van der Waals surface area contributed by atoms with Crippen LogP contribution in [0.25, 0.3) is 0 Å². The monoisotopic (exact) mass is 320 g/mol. The van der Waals surface area contributed by atoms with Gasteiger partial charge in [0, 0.05) is 19.7 Å². The highest BCUT2D eigenvalue weighted by Crippen LogP contribution is 2.20. The highest BCUT2D eigenvalue weighted by atomic mass is 16.5. The number of aromatic nitrogens is 2. The maximum Gasteiger partial charge on any atom is 0.321 e. The van der Waals surface area contributed by atoms with Gasteiger partial charge in [-0.25, -0.2) is 4.79 Å². The Morgan fingerprint density at radius 3 is 2.78 bits per heavy atom. The van der Waals surface area contributed by atoms with Crippen molar-refractivity contribution in [3.63, 3.8) is 0 Å². The van der Waals surface area contributed by atoms with Gasteiger partial charge < -0.3 is 19.4 Å². The molecule has 0 aliphatic carbocycles. The zero-order valence-corrected chi connectivity index (χ0v) is 14.3. The van der Waals surface area contributed by atoms with Crippen molar-refractivity contribution in [1.29, 1.82) is 0 Å². The number of hydrogen-bond acceptors (Lipinski definition) is 4. The summed E-state index contributed by atoms with van der Waals surface area (Å²) in [4.78, 5) is 14.0. The number of amides is 2. The predicted molar refractivity (Wildman–Crippen MR) is 87.5 cm³/mol. The van der Waals surface area contributed by atoms with E-state index in [0.29, 0.717) is 19.7 Å². The summed E-state index contributed by atoms with van der Waals surface area (Å²) >= 11 is 0. The highest BCUT2D eigenvalue weighted by Gasteiger charge is 2.17. The molecule has 7 nitrogen and oxygen atoms in total. The summed E-state index contributed by atoms with van der Waals surface area (Å²) in [6, 6.07) is 1.70. The summed E-state index contributed by atoms with van der Waals surface area (Å²) in [5.41, 5.74) is 3.45. The van der Waals surface area contributed by atoms with Gasteiger partial charge in [-0.1, -0.05) is 0 Å². The van der Waals surface area contributed by atoms with Crippen LogP contribution in [0.5, 0.6) is 0 Å². The molecule has 2 aromatic heterocycles. The van der Waals surface area contributed by atoms with Crippen LogP contribution in [0.3, 0.4) is 0 Å². The molecule has 2 amide bonds. The lowest BCUT2D eigenvalue weighted by Crippen LogP contribution is -2.31. The number of carbonyl (C=O) groups excluding carboxylic acids is 1. The molecule has 2 aromatic rings. The number of urea groups is 1. The zero-order valence-electron chi connectivity index (χ0n) is 14.3. The van der Waals surface area contributed by atoms with Gasteiger partial charge in [-0.15, -0.1) is 0 Å². The molecule has 0 radical (unpaired) electrons. The maximum atomic E-state index is 12.4. The molecule has 7 heteroatoms. The first-order valence-electron chi connectivity index (χ1n) is 7.52. The van der Waals surface area contributed by atoms with E-state index in [-0.39, 0.29) is 6.03 Å². The molecule has 23 heavy (non-hydrogen) atoms. The summed E-state index contributed by atoms with van der Waals surface area (Å²) in [7, 11) is 3.41. The molecule has 0 aliphatic heterocycles. The molecule has 0 unspecified atom stereocenters. The van der Waals surface area contributed by atoms with Crippen molar-refractivity contribution < 1.29 is 13.9 Å². The molecule has 2 heterocycles. The van der Waals surface area contributed by atoms with E-state index in [1.54, 1.807) is 25.3 Å². The normalized spacial score (nSPS) is 10.8. The fraction of sp³-hybridized carbons (Fsp3) is 0.500. The van der Waals surface area contributed by atoms with Gasteiger partial charge in [0.2, 0.25) is 0 Å². The molecule has 0 saturated heterocycles. The Morgan fingerprint density at radius 2 is 2.17 bits per heavy atom. The standard InChI is InChI=1S/C16H24N4O3/c1-11-15(12(2)20(18-11)7-9-22-5)17-16(21)19(4)10-14-6-8-23-13(14)3/h6,8H,7,9-10H2,1-5H3,(H,17,21). The van der Waals surface area contributed by atoms with Crippen molar-refractivity contribution in [2.75, 3.05) is 26.1 Å². The molecule has 0 aliphatic rings. The first-order chi connectivity index (χ1) is 10.9. The molecule has 0 atom stereocenters. The van der Waals surface area contributed by atoms with Gasteiger partial charge in [-0.05, 0) is 26.8 Å². The third kappa shape index (κ3) is 3.92. The van der Waals surface area contributed by atoms with E-state index in [0.717, 1.165) is 28.4 Å². The van der Waals surface area contributed by atoms with Crippen LogP contribution in [-0.4, -0.2) is 41.5 Å². The van der Waals surface area contributed by atoms with Crippen molar-refractivity contribution in [3.8, 4) is 0 Å². The second kappa shape index (κ2) is 7.32. The Morgan fingerprint density at radius 1 is 1.43 bits per heavy atom. The van der Waals surface area contributed by atoms with Gasteiger partial charge in [-0.3, -0.25) is 4.68 Å². The van der Waals surface area contributed by atoms with Crippen LogP contribution in [0.15, 0.2) is 16.7 Å². The molecule has 0 fully saturated rings. The van der Waals surface area contributed by atoms with Gasteiger partial charge in [0.05, 0.1) is 43.0 Å². The van der Waals surface area contributed by atoms with Crippen LogP contribution in [-0.2, 0) is 17.8 Å². The summed E-state index contributed by atoms with van der Waals surface area (Å²) in [5, 5.41) is 7.38. The quantitative estimate of drug-likeness (QED) is 0.888. The Bertz CT molecular complexity index is 675. The Hall–Kier alpha value is -2.28. The summed E-state index contributed by atoms with van der Waals surface area (Å²) in [6.45, 7) is 7.43. The number of rotatable bonds is 6. The lowest BCUT2D eigenvalue weighted by molar-refractivity contribution is 0.182. The minimum Gasteiger partial charge on any atom is -0.469 e. The molecule has 0 bridgehead atoms.